The molecule has 0 radical (unpaired) electrons. The lowest BCUT2D eigenvalue weighted by molar-refractivity contribution is -0.117. The summed E-state index contributed by atoms with van der Waals surface area (Å²) < 4.78 is 14.1. The van der Waals surface area contributed by atoms with Crippen LogP contribution >= 0.6 is 0 Å². The fraction of sp³-hybridized carbons (Fsp3) is 0.125. The van der Waals surface area contributed by atoms with Gasteiger partial charge in [0.1, 0.15) is 5.82 Å². The molecule has 0 saturated heterocycles. The van der Waals surface area contributed by atoms with Crippen molar-refractivity contribution < 1.29 is 9.18 Å². The van der Waals surface area contributed by atoms with Crippen molar-refractivity contribution in [3.63, 3.8) is 0 Å². The van der Waals surface area contributed by atoms with Crippen molar-refractivity contribution in [3.05, 3.63) is 107 Å². The van der Waals surface area contributed by atoms with Gasteiger partial charge in [-0.2, -0.15) is 0 Å². The molecule has 0 N–H and O–H groups in total. The van der Waals surface area contributed by atoms with E-state index < -0.39 is 0 Å². The van der Waals surface area contributed by atoms with Gasteiger partial charge in [-0.1, -0.05) is 78.4 Å². The molecule has 27 heavy (non-hydrogen) atoms. The molecule has 0 unspecified atom stereocenters. The molecular formula is C24H22FNO. The predicted octanol–water partition coefficient (Wildman–Crippen LogP) is 5.77. The predicted molar refractivity (Wildman–Crippen MR) is 109 cm³/mol. The number of hydrogen-bond acceptors (Lipinski definition) is 1. The van der Waals surface area contributed by atoms with E-state index >= 15 is 0 Å². The molecule has 0 aliphatic carbocycles. The molecule has 0 saturated carbocycles. The first-order chi connectivity index (χ1) is 13.1. The SMILES string of the molecule is Cc1ccc(N(Cc2ccccc2F)C(=O)C/C=C/c2ccccc2)cc1. The third kappa shape index (κ3) is 5.14. The second-order valence-electron chi connectivity index (χ2n) is 6.42. The summed E-state index contributed by atoms with van der Waals surface area (Å²) in [5.41, 5.74) is 3.42. The Morgan fingerprint density at radius 1 is 0.926 bits per heavy atom. The number of anilines is 1. The Bertz CT molecular complexity index is 917. The van der Waals surface area contributed by atoms with Gasteiger partial charge in [-0.05, 0) is 30.7 Å². The number of nitrogens with zero attached hydrogens (tertiary/aromatic N) is 1. The Kier molecular flexibility index (Phi) is 6.16. The maximum absolute atomic E-state index is 14.1. The lowest BCUT2D eigenvalue weighted by Gasteiger charge is -2.23. The zero-order chi connectivity index (χ0) is 19.1. The molecule has 0 aromatic heterocycles. The topological polar surface area (TPSA) is 20.3 Å². The van der Waals surface area contributed by atoms with Crippen LogP contribution in [0, 0.1) is 12.7 Å². The first-order valence-electron chi connectivity index (χ1n) is 8.95. The number of rotatable bonds is 6. The quantitative estimate of drug-likeness (QED) is 0.547. The van der Waals surface area contributed by atoms with Gasteiger partial charge in [0, 0.05) is 17.7 Å². The fourth-order valence-corrected chi connectivity index (χ4v) is 2.82. The number of hydrogen-bond donors (Lipinski definition) is 0. The summed E-state index contributed by atoms with van der Waals surface area (Å²) in [5.74, 6) is -0.378. The maximum Gasteiger partial charge on any atom is 0.231 e. The minimum absolute atomic E-state index is 0.0747. The highest BCUT2D eigenvalue weighted by atomic mass is 19.1. The molecule has 0 aliphatic heterocycles. The molecule has 0 fully saturated rings. The lowest BCUT2D eigenvalue weighted by Crippen LogP contribution is -2.30. The lowest BCUT2D eigenvalue weighted by atomic mass is 10.1. The van der Waals surface area contributed by atoms with Crippen molar-refractivity contribution in [2.24, 2.45) is 0 Å². The summed E-state index contributed by atoms with van der Waals surface area (Å²) in [5, 5.41) is 0. The van der Waals surface area contributed by atoms with Gasteiger partial charge in [0.15, 0.2) is 0 Å². The average Bonchev–Trinajstić information content (AvgIpc) is 2.69. The van der Waals surface area contributed by atoms with Crippen LogP contribution in [0.3, 0.4) is 0 Å². The van der Waals surface area contributed by atoms with Crippen LogP contribution in [0.1, 0.15) is 23.1 Å². The Hall–Kier alpha value is -3.20. The molecule has 0 heterocycles. The number of carbonyl (C=O) groups is 1. The molecule has 3 aromatic carbocycles. The van der Waals surface area contributed by atoms with E-state index in [4.69, 9.17) is 0 Å². The standard InChI is InChI=1S/C24H22FNO/c1-19-14-16-22(17-15-19)26(18-21-11-5-6-12-23(21)25)24(27)13-7-10-20-8-3-2-4-9-20/h2-12,14-17H,13,18H2,1H3/b10-7+. The molecule has 3 rings (SSSR count). The zero-order valence-electron chi connectivity index (χ0n) is 15.3. The third-order valence-corrected chi connectivity index (χ3v) is 4.34. The van der Waals surface area contributed by atoms with Crippen LogP contribution in [0.25, 0.3) is 6.08 Å². The van der Waals surface area contributed by atoms with Gasteiger partial charge in [-0.25, -0.2) is 4.39 Å². The Labute approximate surface area is 159 Å². The molecule has 0 spiro atoms. The van der Waals surface area contributed by atoms with E-state index in [0.717, 1.165) is 16.8 Å². The van der Waals surface area contributed by atoms with E-state index in [-0.39, 0.29) is 24.7 Å². The summed E-state index contributed by atoms with van der Waals surface area (Å²) in [6, 6.07) is 24.1. The number of carbonyl (C=O) groups excluding carboxylic acids is 1. The van der Waals surface area contributed by atoms with Crippen molar-refractivity contribution in [2.45, 2.75) is 19.9 Å². The van der Waals surface area contributed by atoms with Crippen LogP contribution in [0.5, 0.6) is 0 Å². The van der Waals surface area contributed by atoms with E-state index in [2.05, 4.69) is 0 Å². The van der Waals surface area contributed by atoms with Crippen LogP contribution in [-0.2, 0) is 11.3 Å². The Balaban J connectivity index is 1.80. The second kappa shape index (κ2) is 8.95. The number of benzene rings is 3. The van der Waals surface area contributed by atoms with Crippen LogP contribution < -0.4 is 4.90 Å². The van der Waals surface area contributed by atoms with E-state index in [0.29, 0.717) is 5.56 Å². The van der Waals surface area contributed by atoms with Gasteiger partial charge in [0.2, 0.25) is 5.91 Å². The first kappa shape index (κ1) is 18.6. The van der Waals surface area contributed by atoms with Crippen molar-refractivity contribution >= 4 is 17.7 Å². The molecule has 0 atom stereocenters. The minimum atomic E-state index is -0.303. The molecule has 3 heteroatoms. The highest BCUT2D eigenvalue weighted by Gasteiger charge is 2.16. The van der Waals surface area contributed by atoms with Gasteiger partial charge < -0.3 is 4.90 Å². The molecule has 2 nitrogen and oxygen atoms in total. The molecule has 0 bridgehead atoms. The molecule has 0 aliphatic rings. The van der Waals surface area contributed by atoms with Crippen LogP contribution in [-0.4, -0.2) is 5.91 Å². The summed E-state index contributed by atoms with van der Waals surface area (Å²) >= 11 is 0. The third-order valence-electron chi connectivity index (χ3n) is 4.34. The van der Waals surface area contributed by atoms with E-state index in [1.165, 1.54) is 6.07 Å². The minimum Gasteiger partial charge on any atom is -0.308 e. The van der Waals surface area contributed by atoms with E-state index in [1.807, 2.05) is 73.7 Å². The maximum atomic E-state index is 14.1. The van der Waals surface area contributed by atoms with Gasteiger partial charge in [0.25, 0.3) is 0 Å². The highest BCUT2D eigenvalue weighted by molar-refractivity contribution is 5.94. The van der Waals surface area contributed by atoms with Crippen molar-refractivity contribution in [2.75, 3.05) is 4.90 Å². The molecule has 3 aromatic rings. The van der Waals surface area contributed by atoms with Crippen LogP contribution in [0.4, 0.5) is 10.1 Å². The smallest absolute Gasteiger partial charge is 0.231 e. The summed E-state index contributed by atoms with van der Waals surface area (Å²) in [7, 11) is 0. The number of amides is 1. The van der Waals surface area contributed by atoms with Crippen LogP contribution in [0.15, 0.2) is 84.9 Å². The molecule has 136 valence electrons. The normalized spacial score (nSPS) is 10.9. The van der Waals surface area contributed by atoms with Crippen LogP contribution in [0.2, 0.25) is 0 Å². The number of aryl methyl sites for hydroxylation is 1. The van der Waals surface area contributed by atoms with E-state index in [9.17, 15) is 9.18 Å². The van der Waals surface area contributed by atoms with Crippen molar-refractivity contribution in [1.29, 1.82) is 0 Å². The second-order valence-corrected chi connectivity index (χ2v) is 6.42. The molecule has 1 amide bonds. The van der Waals surface area contributed by atoms with Gasteiger partial charge in [-0.15, -0.1) is 0 Å². The summed E-state index contributed by atoms with van der Waals surface area (Å²) in [4.78, 5) is 14.5. The fourth-order valence-electron chi connectivity index (χ4n) is 2.82. The number of halogens is 1. The highest BCUT2D eigenvalue weighted by Crippen LogP contribution is 2.21. The Morgan fingerprint density at radius 3 is 2.30 bits per heavy atom. The molecular weight excluding hydrogens is 337 g/mol. The first-order valence-corrected chi connectivity index (χ1v) is 8.95. The van der Waals surface area contributed by atoms with Crippen molar-refractivity contribution in [1.82, 2.24) is 0 Å². The van der Waals surface area contributed by atoms with Gasteiger partial charge >= 0.3 is 0 Å². The monoisotopic (exact) mass is 359 g/mol. The van der Waals surface area contributed by atoms with E-state index in [1.54, 1.807) is 23.1 Å². The van der Waals surface area contributed by atoms with Gasteiger partial charge in [0.05, 0.1) is 6.54 Å². The van der Waals surface area contributed by atoms with Gasteiger partial charge in [-0.3, -0.25) is 4.79 Å². The summed E-state index contributed by atoms with van der Waals surface area (Å²) in [6.07, 6.45) is 4.02. The zero-order valence-corrected chi connectivity index (χ0v) is 15.3. The largest absolute Gasteiger partial charge is 0.308 e. The Morgan fingerprint density at radius 2 is 1.59 bits per heavy atom. The van der Waals surface area contributed by atoms with Crippen molar-refractivity contribution in [3.8, 4) is 0 Å². The average molecular weight is 359 g/mol. The summed E-state index contributed by atoms with van der Waals surface area (Å²) in [6.45, 7) is 2.20.